The first kappa shape index (κ1) is 16.7. The molecule has 10 nitrogen and oxygen atoms in total. The maximum Gasteiger partial charge on any atom is 0.325 e. The fraction of sp³-hybridized carbons (Fsp3) is 0.400. The molecule has 132 valence electrons. The highest BCUT2D eigenvalue weighted by Gasteiger charge is 2.34. The summed E-state index contributed by atoms with van der Waals surface area (Å²) in [6.45, 7) is 0.511. The molecule has 2 N–H and O–H groups in total. The van der Waals surface area contributed by atoms with Crippen molar-refractivity contribution in [1.82, 2.24) is 25.2 Å². The van der Waals surface area contributed by atoms with E-state index in [-0.39, 0.29) is 31.3 Å². The number of carbonyl (C=O) groups excluding carboxylic acids is 2. The lowest BCUT2D eigenvalue weighted by molar-refractivity contribution is -0.138. The highest BCUT2D eigenvalue weighted by molar-refractivity contribution is 5.89. The molecule has 25 heavy (non-hydrogen) atoms. The molecule has 1 aliphatic heterocycles. The molecule has 1 fully saturated rings. The zero-order valence-corrected chi connectivity index (χ0v) is 13.3. The van der Waals surface area contributed by atoms with E-state index in [1.807, 2.05) is 0 Å². The van der Waals surface area contributed by atoms with Crippen molar-refractivity contribution in [2.24, 2.45) is 5.92 Å². The van der Waals surface area contributed by atoms with Gasteiger partial charge in [-0.15, -0.1) is 5.10 Å². The van der Waals surface area contributed by atoms with Gasteiger partial charge in [-0.25, -0.2) is 4.68 Å². The second-order valence-corrected chi connectivity index (χ2v) is 5.77. The number of aliphatic carboxylic acids is 1. The van der Waals surface area contributed by atoms with E-state index in [1.54, 1.807) is 17.0 Å². The number of hydrogen-bond acceptors (Lipinski definition) is 6. The van der Waals surface area contributed by atoms with Crippen molar-refractivity contribution in [3.63, 3.8) is 0 Å². The largest absolute Gasteiger partial charge is 0.480 e. The average molecular weight is 347 g/mol. The monoisotopic (exact) mass is 347 g/mol. The molecule has 10 heteroatoms. The summed E-state index contributed by atoms with van der Waals surface area (Å²) >= 11 is 0. The Kier molecular flexibility index (Phi) is 4.78. The fourth-order valence-corrected chi connectivity index (χ4v) is 2.65. The summed E-state index contributed by atoms with van der Waals surface area (Å²) < 4.78 is 6.40. The van der Waals surface area contributed by atoms with Gasteiger partial charge in [0.15, 0.2) is 0 Å². The molecule has 1 atom stereocenters. The van der Waals surface area contributed by atoms with E-state index < -0.39 is 11.9 Å². The van der Waals surface area contributed by atoms with Crippen LogP contribution in [0.2, 0.25) is 0 Å². The van der Waals surface area contributed by atoms with E-state index in [9.17, 15) is 14.4 Å². The SMILES string of the molecule is O=C(O)Cn1cc(CNC(=O)C2CC(=O)N(Cc3ccco3)C2)nn1. The fourth-order valence-electron chi connectivity index (χ4n) is 2.65. The third-order valence-electron chi connectivity index (χ3n) is 3.84. The Labute approximate surface area is 142 Å². The molecule has 0 spiro atoms. The zero-order valence-electron chi connectivity index (χ0n) is 13.3. The normalized spacial score (nSPS) is 17.0. The van der Waals surface area contributed by atoms with Crippen LogP contribution in [-0.4, -0.2) is 49.3 Å². The smallest absolute Gasteiger partial charge is 0.325 e. The van der Waals surface area contributed by atoms with Gasteiger partial charge >= 0.3 is 5.97 Å². The van der Waals surface area contributed by atoms with E-state index in [0.29, 0.717) is 24.5 Å². The summed E-state index contributed by atoms with van der Waals surface area (Å²) in [6.07, 6.45) is 3.15. The van der Waals surface area contributed by atoms with Gasteiger partial charge in [0, 0.05) is 13.0 Å². The maximum atomic E-state index is 12.2. The van der Waals surface area contributed by atoms with Crippen LogP contribution in [0.3, 0.4) is 0 Å². The van der Waals surface area contributed by atoms with Crippen LogP contribution in [0.5, 0.6) is 0 Å². The number of rotatable bonds is 7. The van der Waals surface area contributed by atoms with Crippen LogP contribution >= 0.6 is 0 Å². The van der Waals surface area contributed by atoms with Crippen molar-refractivity contribution in [3.8, 4) is 0 Å². The minimum Gasteiger partial charge on any atom is -0.480 e. The quantitative estimate of drug-likeness (QED) is 0.698. The molecule has 1 unspecified atom stereocenters. The summed E-state index contributed by atoms with van der Waals surface area (Å²) in [6, 6.07) is 3.53. The second kappa shape index (κ2) is 7.16. The first-order valence-electron chi connectivity index (χ1n) is 7.70. The Morgan fingerprint density at radius 1 is 1.44 bits per heavy atom. The van der Waals surface area contributed by atoms with Crippen LogP contribution in [-0.2, 0) is 34.0 Å². The Balaban J connectivity index is 1.49. The van der Waals surface area contributed by atoms with Gasteiger partial charge in [0.05, 0.1) is 31.5 Å². The second-order valence-electron chi connectivity index (χ2n) is 5.77. The molecule has 0 aliphatic carbocycles. The molecule has 1 saturated heterocycles. The maximum absolute atomic E-state index is 12.2. The number of aromatic nitrogens is 3. The number of furan rings is 1. The number of nitrogens with zero attached hydrogens (tertiary/aromatic N) is 4. The van der Waals surface area contributed by atoms with Crippen LogP contribution in [0.15, 0.2) is 29.0 Å². The molecule has 0 bridgehead atoms. The molecule has 2 amide bonds. The Morgan fingerprint density at radius 3 is 3.00 bits per heavy atom. The summed E-state index contributed by atoms with van der Waals surface area (Å²) in [5.74, 6) is -1.13. The molecule has 2 aromatic rings. The first-order chi connectivity index (χ1) is 12.0. The number of carboxylic acids is 1. The number of likely N-dealkylation sites (tertiary alicyclic amines) is 1. The molecule has 0 saturated carbocycles. The Bertz CT molecular complexity index is 769. The molecule has 3 rings (SSSR count). The highest BCUT2D eigenvalue weighted by atomic mass is 16.4. The predicted molar refractivity (Wildman–Crippen MR) is 81.7 cm³/mol. The molecule has 3 heterocycles. The van der Waals surface area contributed by atoms with Crippen molar-refractivity contribution in [1.29, 1.82) is 0 Å². The van der Waals surface area contributed by atoms with E-state index >= 15 is 0 Å². The van der Waals surface area contributed by atoms with Gasteiger partial charge in [-0.2, -0.15) is 0 Å². The highest BCUT2D eigenvalue weighted by Crippen LogP contribution is 2.20. The lowest BCUT2D eigenvalue weighted by Crippen LogP contribution is -2.32. The molecule has 1 aliphatic rings. The molecule has 2 aromatic heterocycles. The van der Waals surface area contributed by atoms with Crippen LogP contribution in [0.4, 0.5) is 0 Å². The lowest BCUT2D eigenvalue weighted by atomic mass is 10.1. The average Bonchev–Trinajstić information content (AvgIpc) is 3.28. The Hall–Kier alpha value is -3.17. The number of amides is 2. The summed E-state index contributed by atoms with van der Waals surface area (Å²) in [5, 5.41) is 18.8. The number of hydrogen-bond donors (Lipinski definition) is 2. The first-order valence-corrected chi connectivity index (χ1v) is 7.70. The van der Waals surface area contributed by atoms with Gasteiger partial charge in [0.25, 0.3) is 0 Å². The van der Waals surface area contributed by atoms with Gasteiger partial charge < -0.3 is 19.7 Å². The number of carbonyl (C=O) groups is 3. The van der Waals surface area contributed by atoms with Gasteiger partial charge in [0.2, 0.25) is 11.8 Å². The third-order valence-corrected chi connectivity index (χ3v) is 3.84. The minimum atomic E-state index is -1.03. The van der Waals surface area contributed by atoms with Crippen LogP contribution in [0.25, 0.3) is 0 Å². The van der Waals surface area contributed by atoms with Crippen LogP contribution in [0, 0.1) is 5.92 Å². The van der Waals surface area contributed by atoms with Crippen molar-refractivity contribution < 1.29 is 23.9 Å². The van der Waals surface area contributed by atoms with E-state index in [1.165, 1.54) is 17.1 Å². The minimum absolute atomic E-state index is 0.0936. The van der Waals surface area contributed by atoms with Crippen LogP contribution in [0.1, 0.15) is 17.9 Å². The van der Waals surface area contributed by atoms with Crippen molar-refractivity contribution in [3.05, 3.63) is 36.0 Å². The summed E-state index contributed by atoms with van der Waals surface area (Å²) in [7, 11) is 0. The molecule has 0 radical (unpaired) electrons. The third kappa shape index (κ3) is 4.22. The number of carboxylic acid groups (broad SMARTS) is 1. The van der Waals surface area contributed by atoms with Crippen molar-refractivity contribution in [2.45, 2.75) is 26.1 Å². The predicted octanol–water partition coefficient (Wildman–Crippen LogP) is -0.379. The van der Waals surface area contributed by atoms with Gasteiger partial charge in [0.1, 0.15) is 18.0 Å². The van der Waals surface area contributed by atoms with Crippen LogP contribution < -0.4 is 5.32 Å². The number of nitrogens with one attached hydrogen (secondary N) is 1. The van der Waals surface area contributed by atoms with Gasteiger partial charge in [-0.3, -0.25) is 14.4 Å². The van der Waals surface area contributed by atoms with Gasteiger partial charge in [-0.05, 0) is 12.1 Å². The van der Waals surface area contributed by atoms with Crippen molar-refractivity contribution in [2.75, 3.05) is 6.54 Å². The zero-order chi connectivity index (χ0) is 17.8. The lowest BCUT2D eigenvalue weighted by Gasteiger charge is -2.14. The molecular weight excluding hydrogens is 330 g/mol. The van der Waals surface area contributed by atoms with E-state index in [4.69, 9.17) is 9.52 Å². The van der Waals surface area contributed by atoms with Crippen molar-refractivity contribution >= 4 is 17.8 Å². The van der Waals surface area contributed by atoms with E-state index in [2.05, 4.69) is 15.6 Å². The van der Waals surface area contributed by atoms with Gasteiger partial charge in [-0.1, -0.05) is 5.21 Å². The summed E-state index contributed by atoms with van der Waals surface area (Å²) in [5.41, 5.74) is 0.450. The summed E-state index contributed by atoms with van der Waals surface area (Å²) in [4.78, 5) is 36.4. The van der Waals surface area contributed by atoms with E-state index in [0.717, 1.165) is 0 Å². The Morgan fingerprint density at radius 2 is 2.28 bits per heavy atom. The topological polar surface area (TPSA) is 131 Å². The standard InChI is InChI=1S/C15H17N5O5/c21-13-4-10(6-19(13)8-12-2-1-3-25-12)15(24)16-5-11-7-20(18-17-11)9-14(22)23/h1-3,7,10H,4-6,8-9H2,(H,16,24)(H,22,23). The molecular formula is C15H17N5O5. The molecule has 0 aromatic carbocycles.